The Balaban J connectivity index is 1.68. The topological polar surface area (TPSA) is 53.1 Å². The summed E-state index contributed by atoms with van der Waals surface area (Å²) in [5.74, 6) is 0.919. The van der Waals surface area contributed by atoms with Gasteiger partial charge in [0.1, 0.15) is 12.4 Å². The number of imidazole rings is 1. The largest absolute Gasteiger partial charge is 0.487 e. The second-order valence-electron chi connectivity index (χ2n) is 5.37. The highest BCUT2D eigenvalue weighted by atomic mass is 16.5. The number of ether oxygens (including phenoxy) is 1. The van der Waals surface area contributed by atoms with Crippen molar-refractivity contribution in [2.24, 2.45) is 5.73 Å². The van der Waals surface area contributed by atoms with Crippen molar-refractivity contribution in [3.8, 4) is 5.75 Å². The lowest BCUT2D eigenvalue weighted by Gasteiger charge is -2.11. The van der Waals surface area contributed by atoms with E-state index < -0.39 is 0 Å². The average Bonchev–Trinajstić information content (AvgIpc) is 3.04. The number of hydrogen-bond donors (Lipinski definition) is 1. The molecule has 106 valence electrons. The van der Waals surface area contributed by atoms with Gasteiger partial charge in [0.15, 0.2) is 0 Å². The van der Waals surface area contributed by atoms with E-state index in [9.17, 15) is 0 Å². The van der Waals surface area contributed by atoms with E-state index in [4.69, 9.17) is 10.5 Å². The minimum Gasteiger partial charge on any atom is -0.487 e. The lowest BCUT2D eigenvalue weighted by Crippen LogP contribution is -2.06. The van der Waals surface area contributed by atoms with E-state index in [1.807, 2.05) is 18.6 Å². The third-order valence-corrected chi connectivity index (χ3v) is 3.89. The van der Waals surface area contributed by atoms with Crippen LogP contribution in [0.2, 0.25) is 0 Å². The number of fused-ring (bicyclic) bond motifs is 1. The Morgan fingerprint density at radius 3 is 3.20 bits per heavy atom. The van der Waals surface area contributed by atoms with Gasteiger partial charge < -0.3 is 15.0 Å². The van der Waals surface area contributed by atoms with Crippen LogP contribution in [-0.4, -0.2) is 9.55 Å². The van der Waals surface area contributed by atoms with E-state index in [2.05, 4.69) is 28.6 Å². The first-order valence-electron chi connectivity index (χ1n) is 7.28. The Labute approximate surface area is 119 Å². The molecule has 3 rings (SSSR count). The summed E-state index contributed by atoms with van der Waals surface area (Å²) < 4.78 is 8.04. The molecule has 0 spiro atoms. The molecule has 1 atom stereocenters. The van der Waals surface area contributed by atoms with E-state index in [1.165, 1.54) is 11.1 Å². The van der Waals surface area contributed by atoms with Crippen LogP contribution in [0.5, 0.6) is 5.75 Å². The first-order chi connectivity index (χ1) is 9.78. The number of aryl methyl sites for hydroxylation is 2. The zero-order valence-electron chi connectivity index (χ0n) is 11.9. The fraction of sp³-hybridized carbons (Fsp3) is 0.438. The molecule has 0 amide bonds. The Morgan fingerprint density at radius 2 is 2.35 bits per heavy atom. The zero-order chi connectivity index (χ0) is 13.9. The van der Waals surface area contributed by atoms with Crippen LogP contribution in [0.15, 0.2) is 30.7 Å². The molecule has 0 unspecified atom stereocenters. The fourth-order valence-electron chi connectivity index (χ4n) is 2.78. The molecular formula is C16H21N3O. The van der Waals surface area contributed by atoms with E-state index in [0.29, 0.717) is 6.61 Å². The summed E-state index contributed by atoms with van der Waals surface area (Å²) in [6.07, 6.45) is 6.94. The summed E-state index contributed by atoms with van der Waals surface area (Å²) in [5, 5.41) is 0. The summed E-state index contributed by atoms with van der Waals surface area (Å²) in [6, 6.07) is 6.45. The summed E-state index contributed by atoms with van der Waals surface area (Å²) >= 11 is 0. The molecule has 1 aliphatic rings. The third-order valence-electron chi connectivity index (χ3n) is 3.89. The van der Waals surface area contributed by atoms with Gasteiger partial charge in [-0.05, 0) is 42.5 Å². The van der Waals surface area contributed by atoms with Crippen molar-refractivity contribution in [2.45, 2.75) is 45.4 Å². The molecule has 20 heavy (non-hydrogen) atoms. The van der Waals surface area contributed by atoms with E-state index in [-0.39, 0.29) is 6.04 Å². The van der Waals surface area contributed by atoms with Crippen molar-refractivity contribution in [1.29, 1.82) is 0 Å². The number of hydrogen-bond acceptors (Lipinski definition) is 3. The van der Waals surface area contributed by atoms with Crippen LogP contribution < -0.4 is 10.5 Å². The minimum absolute atomic E-state index is 0.199. The maximum absolute atomic E-state index is 6.05. The molecule has 1 aromatic carbocycles. The predicted octanol–water partition coefficient (Wildman–Crippen LogP) is 2.82. The molecule has 0 saturated heterocycles. The van der Waals surface area contributed by atoms with E-state index in [0.717, 1.165) is 37.3 Å². The third kappa shape index (κ3) is 2.56. The molecule has 1 aliphatic carbocycles. The highest BCUT2D eigenvalue weighted by molar-refractivity contribution is 5.40. The van der Waals surface area contributed by atoms with E-state index in [1.54, 1.807) is 0 Å². The molecule has 1 aromatic heterocycles. The minimum atomic E-state index is 0.199. The number of aromatic nitrogens is 2. The normalized spacial score (nSPS) is 17.2. The van der Waals surface area contributed by atoms with Gasteiger partial charge in [0.05, 0.1) is 18.2 Å². The van der Waals surface area contributed by atoms with Gasteiger partial charge in [-0.2, -0.15) is 0 Å². The molecule has 0 aliphatic heterocycles. The SMILES string of the molecule is CCCn1cncc1COc1ccc2c(c1)CC[C@@H]2N. The van der Waals surface area contributed by atoms with Crippen LogP contribution in [0.1, 0.15) is 42.6 Å². The first-order valence-corrected chi connectivity index (χ1v) is 7.28. The molecular weight excluding hydrogens is 250 g/mol. The van der Waals surface area contributed by atoms with Gasteiger partial charge in [0.2, 0.25) is 0 Å². The van der Waals surface area contributed by atoms with Crippen LogP contribution in [0.3, 0.4) is 0 Å². The lowest BCUT2D eigenvalue weighted by molar-refractivity contribution is 0.294. The molecule has 1 heterocycles. The predicted molar refractivity (Wildman–Crippen MR) is 78.5 cm³/mol. The second kappa shape index (κ2) is 5.67. The van der Waals surface area contributed by atoms with Crippen LogP contribution in [0.25, 0.3) is 0 Å². The van der Waals surface area contributed by atoms with Gasteiger partial charge in [0.25, 0.3) is 0 Å². The van der Waals surface area contributed by atoms with Crippen molar-refractivity contribution in [3.63, 3.8) is 0 Å². The number of rotatable bonds is 5. The molecule has 4 nitrogen and oxygen atoms in total. The average molecular weight is 271 g/mol. The van der Waals surface area contributed by atoms with Crippen molar-refractivity contribution >= 4 is 0 Å². The quantitative estimate of drug-likeness (QED) is 0.909. The Kier molecular flexibility index (Phi) is 3.74. The Bertz CT molecular complexity index is 591. The van der Waals surface area contributed by atoms with Crippen LogP contribution in [0.4, 0.5) is 0 Å². The monoisotopic (exact) mass is 271 g/mol. The van der Waals surface area contributed by atoms with Crippen LogP contribution in [0, 0.1) is 0 Å². The molecule has 0 saturated carbocycles. The fourth-order valence-corrected chi connectivity index (χ4v) is 2.78. The highest BCUT2D eigenvalue weighted by Gasteiger charge is 2.19. The highest BCUT2D eigenvalue weighted by Crippen LogP contribution is 2.32. The molecule has 4 heteroatoms. The first kappa shape index (κ1) is 13.2. The van der Waals surface area contributed by atoms with Gasteiger partial charge in [-0.15, -0.1) is 0 Å². The number of nitrogens with two attached hydrogens (primary N) is 1. The smallest absolute Gasteiger partial charge is 0.130 e. The molecule has 0 bridgehead atoms. The van der Waals surface area contributed by atoms with Crippen molar-refractivity contribution in [3.05, 3.63) is 47.5 Å². The molecule has 2 N–H and O–H groups in total. The van der Waals surface area contributed by atoms with Crippen LogP contribution >= 0.6 is 0 Å². The Morgan fingerprint density at radius 1 is 1.45 bits per heavy atom. The van der Waals surface area contributed by atoms with Gasteiger partial charge in [-0.1, -0.05) is 13.0 Å². The molecule has 0 fully saturated rings. The van der Waals surface area contributed by atoms with Gasteiger partial charge in [-0.25, -0.2) is 4.98 Å². The number of nitrogens with zero attached hydrogens (tertiary/aromatic N) is 2. The van der Waals surface area contributed by atoms with Gasteiger partial charge in [0, 0.05) is 12.6 Å². The summed E-state index contributed by atoms with van der Waals surface area (Å²) in [4.78, 5) is 4.19. The van der Waals surface area contributed by atoms with Crippen LogP contribution in [-0.2, 0) is 19.6 Å². The van der Waals surface area contributed by atoms with E-state index >= 15 is 0 Å². The summed E-state index contributed by atoms with van der Waals surface area (Å²) in [7, 11) is 0. The second-order valence-corrected chi connectivity index (χ2v) is 5.37. The Hall–Kier alpha value is -1.81. The molecule has 2 aromatic rings. The number of benzene rings is 1. The lowest BCUT2D eigenvalue weighted by atomic mass is 10.1. The summed E-state index contributed by atoms with van der Waals surface area (Å²) in [6.45, 7) is 3.71. The molecule has 0 radical (unpaired) electrons. The zero-order valence-corrected chi connectivity index (χ0v) is 11.9. The van der Waals surface area contributed by atoms with Crippen molar-refractivity contribution in [1.82, 2.24) is 9.55 Å². The maximum atomic E-state index is 6.05. The van der Waals surface area contributed by atoms with Gasteiger partial charge >= 0.3 is 0 Å². The maximum Gasteiger partial charge on any atom is 0.130 e. The standard InChI is InChI=1S/C16H21N3O/c1-2-7-19-11-18-9-13(19)10-20-14-4-5-15-12(8-14)3-6-16(15)17/h4-5,8-9,11,16H,2-3,6-7,10,17H2,1H3/t16-/m0/s1. The summed E-state index contributed by atoms with van der Waals surface area (Å²) in [5.41, 5.74) is 9.77. The van der Waals surface area contributed by atoms with Crippen molar-refractivity contribution < 1.29 is 4.74 Å². The van der Waals surface area contributed by atoms with Gasteiger partial charge in [-0.3, -0.25) is 0 Å². The van der Waals surface area contributed by atoms with Crippen molar-refractivity contribution in [2.75, 3.05) is 0 Å².